The van der Waals surface area contributed by atoms with Gasteiger partial charge >= 0.3 is 0 Å². The summed E-state index contributed by atoms with van der Waals surface area (Å²) >= 11 is 3.25. The van der Waals surface area contributed by atoms with Gasteiger partial charge in [0.25, 0.3) is 0 Å². The van der Waals surface area contributed by atoms with Crippen LogP contribution in [0.3, 0.4) is 0 Å². The molecule has 0 radical (unpaired) electrons. The zero-order valence-corrected chi connectivity index (χ0v) is 10.2. The van der Waals surface area contributed by atoms with E-state index >= 15 is 0 Å². The smallest absolute Gasteiger partial charge is 0.175 e. The summed E-state index contributed by atoms with van der Waals surface area (Å²) in [4.78, 5) is 0.361. The maximum Gasteiger partial charge on any atom is 0.175 e. The highest BCUT2D eigenvalue weighted by atomic mass is 79.9. The van der Waals surface area contributed by atoms with Gasteiger partial charge in [0.15, 0.2) is 9.84 Å². The number of halogens is 1. The van der Waals surface area contributed by atoms with Crippen LogP contribution in [0, 0.1) is 0 Å². The number of rotatable bonds is 4. The number of sulfone groups is 1. The minimum Gasteiger partial charge on any atom is -0.303 e. The van der Waals surface area contributed by atoms with E-state index < -0.39 is 9.84 Å². The molecule has 0 aromatic heterocycles. The first kappa shape index (κ1) is 11.7. The van der Waals surface area contributed by atoms with E-state index in [0.29, 0.717) is 4.90 Å². The lowest BCUT2D eigenvalue weighted by Crippen LogP contribution is -2.09. The number of hydrogen-bond donors (Lipinski definition) is 1. The Kier molecular flexibility index (Phi) is 4.10. The summed E-state index contributed by atoms with van der Waals surface area (Å²) in [6, 6.07) is 6.87. The van der Waals surface area contributed by atoms with Gasteiger partial charge in [0.1, 0.15) is 0 Å². The van der Waals surface area contributed by atoms with Crippen LogP contribution in [-0.4, -0.2) is 20.1 Å². The molecule has 78 valence electrons. The van der Waals surface area contributed by atoms with Crippen molar-refractivity contribution in [3.8, 4) is 0 Å². The lowest BCUT2D eigenvalue weighted by Gasteiger charge is -2.02. The Morgan fingerprint density at radius 2 is 1.86 bits per heavy atom. The van der Waals surface area contributed by atoms with Crippen LogP contribution in [0.5, 0.6) is 0 Å². The van der Waals surface area contributed by atoms with Gasteiger partial charge in [-0.2, -0.15) is 0 Å². The van der Waals surface area contributed by atoms with Crippen molar-refractivity contribution >= 4 is 25.8 Å². The molecule has 1 N–H and O–H groups in total. The fourth-order valence-electron chi connectivity index (χ4n) is 1.05. The van der Waals surface area contributed by atoms with E-state index in [1.807, 2.05) is 12.1 Å². The monoisotopic (exact) mass is 277 g/mol. The predicted octanol–water partition coefficient (Wildman–Crippen LogP) is 1.53. The van der Waals surface area contributed by atoms with E-state index in [0.717, 1.165) is 17.6 Å². The highest BCUT2D eigenvalue weighted by Gasteiger charge is 2.05. The Morgan fingerprint density at radius 1 is 1.29 bits per heavy atom. The van der Waals surface area contributed by atoms with Gasteiger partial charge in [-0.15, -0.1) is 0 Å². The van der Waals surface area contributed by atoms with Crippen molar-refractivity contribution in [1.29, 1.82) is 0 Å². The third-order valence-electron chi connectivity index (χ3n) is 1.78. The van der Waals surface area contributed by atoms with Crippen LogP contribution >= 0.6 is 15.9 Å². The zero-order valence-electron chi connectivity index (χ0n) is 7.83. The lowest BCUT2D eigenvalue weighted by atomic mass is 10.2. The quantitative estimate of drug-likeness (QED) is 0.671. The molecule has 0 fully saturated rings. The van der Waals surface area contributed by atoms with Crippen molar-refractivity contribution in [1.82, 2.24) is 5.32 Å². The second-order valence-corrected chi connectivity index (χ2v) is 5.55. The standard InChI is InChI=1S/C9H12BrNO2S/c1-14(12,13)9-4-2-8(3-5-9)6-11-7-10/h2-5,11H,6-7H2,1H3. The number of nitrogens with one attached hydrogen (secondary N) is 1. The van der Waals surface area contributed by atoms with Crippen molar-refractivity contribution in [3.63, 3.8) is 0 Å². The van der Waals surface area contributed by atoms with Gasteiger partial charge in [-0.25, -0.2) is 8.42 Å². The van der Waals surface area contributed by atoms with Crippen molar-refractivity contribution in [2.45, 2.75) is 11.4 Å². The molecule has 0 aliphatic heterocycles. The number of hydrogen-bond acceptors (Lipinski definition) is 3. The Bertz CT molecular complexity index is 386. The molecule has 0 saturated heterocycles. The van der Waals surface area contributed by atoms with Crippen LogP contribution in [0.4, 0.5) is 0 Å². The predicted molar refractivity (Wildman–Crippen MR) is 60.2 cm³/mol. The molecule has 1 aromatic rings. The first-order chi connectivity index (χ1) is 6.54. The fourth-order valence-corrected chi connectivity index (χ4v) is 1.87. The summed E-state index contributed by atoms with van der Waals surface area (Å²) in [5.74, 6) is 0. The van der Waals surface area contributed by atoms with Gasteiger partial charge in [0, 0.05) is 12.8 Å². The minimum absolute atomic E-state index is 0.361. The molecule has 0 unspecified atom stereocenters. The molecule has 14 heavy (non-hydrogen) atoms. The molecule has 0 bridgehead atoms. The third-order valence-corrected chi connectivity index (χ3v) is 3.30. The van der Waals surface area contributed by atoms with Crippen LogP contribution in [0.2, 0.25) is 0 Å². The summed E-state index contributed by atoms with van der Waals surface area (Å²) < 4.78 is 22.3. The second kappa shape index (κ2) is 4.91. The fraction of sp³-hybridized carbons (Fsp3) is 0.333. The third kappa shape index (κ3) is 3.40. The van der Waals surface area contributed by atoms with E-state index in [-0.39, 0.29) is 0 Å². The molecule has 5 heteroatoms. The second-order valence-electron chi connectivity index (χ2n) is 2.98. The van der Waals surface area contributed by atoms with Gasteiger partial charge < -0.3 is 5.32 Å². The van der Waals surface area contributed by atoms with E-state index in [4.69, 9.17) is 0 Å². The summed E-state index contributed by atoms with van der Waals surface area (Å²) in [7, 11) is -3.07. The van der Waals surface area contributed by atoms with Crippen LogP contribution in [-0.2, 0) is 16.4 Å². The van der Waals surface area contributed by atoms with Crippen molar-refractivity contribution in [2.24, 2.45) is 0 Å². The maximum absolute atomic E-state index is 11.1. The molecule has 0 aliphatic rings. The summed E-state index contributed by atoms with van der Waals surface area (Å²) in [6.07, 6.45) is 1.21. The van der Waals surface area contributed by atoms with E-state index in [1.54, 1.807) is 12.1 Å². The first-order valence-corrected chi connectivity index (χ1v) is 7.11. The molecule has 1 aromatic carbocycles. The molecule has 3 nitrogen and oxygen atoms in total. The zero-order chi connectivity index (χ0) is 10.6. The van der Waals surface area contributed by atoms with Crippen molar-refractivity contribution in [3.05, 3.63) is 29.8 Å². The molecule has 0 amide bonds. The van der Waals surface area contributed by atoms with Gasteiger partial charge in [-0.1, -0.05) is 28.1 Å². The normalized spacial score (nSPS) is 11.6. The highest BCUT2D eigenvalue weighted by molar-refractivity contribution is 9.09. The van der Waals surface area contributed by atoms with Gasteiger partial charge in [0.2, 0.25) is 0 Å². The van der Waals surface area contributed by atoms with Crippen LogP contribution in [0.25, 0.3) is 0 Å². The Hall–Kier alpha value is -0.390. The average Bonchev–Trinajstić information content (AvgIpc) is 2.14. The number of alkyl halides is 1. The van der Waals surface area contributed by atoms with E-state index in [2.05, 4.69) is 21.2 Å². The Labute approximate surface area is 92.6 Å². The van der Waals surface area contributed by atoms with Gasteiger partial charge in [-0.05, 0) is 17.7 Å². The first-order valence-electron chi connectivity index (χ1n) is 4.09. The van der Waals surface area contributed by atoms with E-state index in [1.165, 1.54) is 6.26 Å². The van der Waals surface area contributed by atoms with Crippen molar-refractivity contribution in [2.75, 3.05) is 11.7 Å². The molecule has 0 aliphatic carbocycles. The van der Waals surface area contributed by atoms with E-state index in [9.17, 15) is 8.42 Å². The molecule has 0 spiro atoms. The molecule has 1 rings (SSSR count). The molecular weight excluding hydrogens is 266 g/mol. The van der Waals surface area contributed by atoms with Gasteiger partial charge in [0.05, 0.1) is 10.3 Å². The molecule has 0 saturated carbocycles. The summed E-state index contributed by atoms with van der Waals surface area (Å²) in [5.41, 5.74) is 1.79. The highest BCUT2D eigenvalue weighted by Crippen LogP contribution is 2.09. The Morgan fingerprint density at radius 3 is 2.29 bits per heavy atom. The summed E-state index contributed by atoms with van der Waals surface area (Å²) in [5, 5.41) is 3.09. The lowest BCUT2D eigenvalue weighted by molar-refractivity contribution is 0.602. The van der Waals surface area contributed by atoms with Crippen LogP contribution in [0.15, 0.2) is 29.2 Å². The largest absolute Gasteiger partial charge is 0.303 e. The van der Waals surface area contributed by atoms with Gasteiger partial charge in [-0.3, -0.25) is 0 Å². The average molecular weight is 278 g/mol. The molecule has 0 heterocycles. The molecular formula is C9H12BrNO2S. The van der Waals surface area contributed by atoms with Crippen LogP contribution in [0.1, 0.15) is 5.56 Å². The van der Waals surface area contributed by atoms with Crippen LogP contribution < -0.4 is 5.32 Å². The maximum atomic E-state index is 11.1. The minimum atomic E-state index is -3.07. The topological polar surface area (TPSA) is 46.2 Å². The summed E-state index contributed by atoms with van der Waals surface area (Å²) in [6.45, 7) is 0.731. The SMILES string of the molecule is CS(=O)(=O)c1ccc(CNCBr)cc1. The molecule has 0 atom stereocenters. The Balaban J connectivity index is 2.79. The van der Waals surface area contributed by atoms with Crippen molar-refractivity contribution < 1.29 is 8.42 Å². The number of benzene rings is 1.